The number of likely N-dealkylation sites (N-methyl/N-ethyl adjacent to an activating group) is 2. The van der Waals surface area contributed by atoms with E-state index in [2.05, 4.69) is 109 Å². The Bertz CT molecular complexity index is 5920. The summed E-state index contributed by atoms with van der Waals surface area (Å²) in [7, 11) is 3.37. The summed E-state index contributed by atoms with van der Waals surface area (Å²) in [6, 6.07) is 58.7. The number of aliphatic imine (C=N–C) groups is 3. The first-order valence-corrected chi connectivity index (χ1v) is 41.2. The van der Waals surface area contributed by atoms with E-state index in [0.29, 0.717) is 145 Å². The molecule has 0 aliphatic carbocycles. The van der Waals surface area contributed by atoms with Crippen LogP contribution in [0.3, 0.4) is 0 Å². The van der Waals surface area contributed by atoms with Crippen molar-refractivity contribution in [3.05, 3.63) is 318 Å². The summed E-state index contributed by atoms with van der Waals surface area (Å²) >= 11 is 25.9. The van der Waals surface area contributed by atoms with Crippen molar-refractivity contribution in [3.8, 4) is 11.1 Å². The molecule has 0 bridgehead atoms. The van der Waals surface area contributed by atoms with Gasteiger partial charge in [0, 0.05) is 109 Å². The Kier molecular flexibility index (Phi) is 29.1. The normalized spacial score (nSPS) is 13.5. The number of unbranched alkanes of at least 4 members (excludes halogenated alkanes) is 1. The minimum atomic E-state index is -0.248. The minimum Gasteiger partial charge on any atom is -0.383 e. The number of hydrogen-bond acceptors (Lipinski definition) is 18. The van der Waals surface area contributed by atoms with Gasteiger partial charge >= 0.3 is 0 Å². The van der Waals surface area contributed by atoms with Crippen LogP contribution in [0.5, 0.6) is 0 Å². The van der Waals surface area contributed by atoms with Crippen LogP contribution in [0.25, 0.3) is 11.1 Å². The van der Waals surface area contributed by atoms with Crippen molar-refractivity contribution in [2.75, 3.05) is 88.1 Å². The van der Waals surface area contributed by atoms with Crippen LogP contribution >= 0.6 is 46.4 Å². The molecule has 3 aliphatic heterocycles. The predicted molar refractivity (Wildman–Crippen MR) is 484 cm³/mol. The largest absolute Gasteiger partial charge is 0.383 e. The molecule has 3 aromatic heterocycles. The number of aryl methyl sites for hydroxylation is 6. The molecule has 14 rings (SSSR count). The number of nitrogens with zero attached hydrogens (tertiary/aromatic N) is 15. The summed E-state index contributed by atoms with van der Waals surface area (Å²) in [4.78, 5) is 76.9. The number of methoxy groups -OCH3 is 2. The smallest absolute Gasteiger partial charge is 0.282 e. The Hall–Kier alpha value is -11.1. The fourth-order valence-corrected chi connectivity index (χ4v) is 15.1. The number of hydrogen-bond donors (Lipinski definition) is 0. The highest BCUT2D eigenvalue weighted by molar-refractivity contribution is 6.58. The van der Waals surface area contributed by atoms with Gasteiger partial charge < -0.3 is 28.9 Å². The second-order valence-corrected chi connectivity index (χ2v) is 30.2. The van der Waals surface area contributed by atoms with Gasteiger partial charge in [-0.1, -0.05) is 164 Å². The Morgan fingerprint density at radius 1 is 0.432 bits per heavy atom. The summed E-state index contributed by atoms with van der Waals surface area (Å²) in [6.07, 6.45) is 3.21. The van der Waals surface area contributed by atoms with Crippen molar-refractivity contribution in [2.45, 2.75) is 108 Å². The predicted octanol–water partition coefficient (Wildman–Crippen LogP) is 18.9. The van der Waals surface area contributed by atoms with Gasteiger partial charge in [-0.15, -0.1) is 0 Å². The molecule has 3 aliphatic rings. The fourth-order valence-electron chi connectivity index (χ4n) is 14.2. The summed E-state index contributed by atoms with van der Waals surface area (Å²) in [6.45, 7) is 29.5. The number of benzene rings is 8. The van der Waals surface area contributed by atoms with E-state index in [-0.39, 0.29) is 16.7 Å². The van der Waals surface area contributed by atoms with Gasteiger partial charge in [0.25, 0.3) is 16.7 Å². The van der Waals surface area contributed by atoms with Crippen molar-refractivity contribution in [1.29, 1.82) is 0 Å². The molecule has 0 unspecified atom stereocenters. The topological polar surface area (TPSA) is 216 Å². The molecule has 0 radical (unpaired) electrons. The number of anilines is 3. The molecule has 21 nitrogen and oxygen atoms in total. The molecule has 0 saturated carbocycles. The van der Waals surface area contributed by atoms with E-state index in [0.717, 1.165) is 125 Å². The lowest BCUT2D eigenvalue weighted by atomic mass is 10.0. The molecule has 0 spiro atoms. The van der Waals surface area contributed by atoms with Crippen LogP contribution in [0, 0.1) is 41.5 Å². The minimum absolute atomic E-state index is 0.141. The maximum atomic E-state index is 13.8. The lowest BCUT2D eigenvalue weighted by Crippen LogP contribution is -2.27. The van der Waals surface area contributed by atoms with E-state index in [1.54, 1.807) is 45.4 Å². The molecule has 608 valence electrons. The highest BCUT2D eigenvalue weighted by Crippen LogP contribution is 2.35. The highest BCUT2D eigenvalue weighted by atomic mass is 35.5. The lowest BCUT2D eigenvalue weighted by Gasteiger charge is -2.24. The third-order valence-electron chi connectivity index (χ3n) is 20.7. The fraction of sp³-hybridized carbons (Fsp3) is 0.290. The van der Waals surface area contributed by atoms with Crippen LogP contribution in [-0.2, 0) is 33.6 Å². The summed E-state index contributed by atoms with van der Waals surface area (Å²) in [5.74, 6) is 1.24. The zero-order valence-electron chi connectivity index (χ0n) is 68.9. The molecular weight excluding hydrogens is 1560 g/mol. The van der Waals surface area contributed by atoms with E-state index in [1.807, 2.05) is 138 Å². The number of rotatable bonds is 28. The second-order valence-electron chi connectivity index (χ2n) is 28.6. The first-order valence-electron chi connectivity index (χ1n) is 39.7. The van der Waals surface area contributed by atoms with Gasteiger partial charge in [-0.2, -0.15) is 29.3 Å². The van der Waals surface area contributed by atoms with Gasteiger partial charge in [0.05, 0.1) is 75.5 Å². The Morgan fingerprint density at radius 2 is 0.881 bits per heavy atom. The third-order valence-corrected chi connectivity index (χ3v) is 21.9. The maximum absolute atomic E-state index is 13.8. The number of halogens is 4. The van der Waals surface area contributed by atoms with Crippen LogP contribution in [0.1, 0.15) is 132 Å². The standard InChI is InChI=1S/C33H34ClN5O.C31H30ClN5O2.C29H33Cl2N5O3/c1-5-7-15-26-23(4)35-32-31(30(37-39(32)33(26)40)27-16-11-12-17-28(27)34)36-29-19-18-25(20-22(29)3)38(6-2)21-24-13-9-8-10-14-24;1-5-36(17-18-39-4)23-15-16-26(20(2)19-23)34-29-28(24-13-9-10-14-25(24)32)35-37-30(29)33-21(3)27(31(37)38)22-11-7-6-8-12-22;1-6-24-19(4)29(37)36-28(33-24)27(26(34-36)22-10-8-20(30)17-23(22)31)32-25-11-9-21(16-18(25)3)35(7-2)12-13-39-15-14-38-5/h8-14,16-20H,5-7,15,21H2,1-4H3;6-16,19H,5,17-18H2,1-4H3;8-11,16-17H,6-7,12-15H2,1-5H3. The van der Waals surface area contributed by atoms with Gasteiger partial charge in [-0.25, -0.2) is 29.9 Å². The SMILES string of the molecule is CCCCc1c(C)nc2n(c1=O)N=C(c1ccccc1Cl)C2=Nc1ccc(N(CC)Cc2ccccc2)cc1C.CCN(CCOC)c1ccc(N=C2C(c3ccccc3Cl)=Nn3c2nc(C)c(-c2ccccc2)c3=O)c(C)c1.CCc1nc2n(c(=O)c1C)N=C(c1ccc(Cl)cc1Cl)C2=Nc1ccc(N(CC)CCOCCOC)cc1C. The van der Waals surface area contributed by atoms with E-state index in [4.69, 9.17) is 101 Å². The average Bonchev–Trinajstić information content (AvgIpc) is 1.58. The van der Waals surface area contributed by atoms with Crippen LogP contribution in [0.4, 0.5) is 34.1 Å². The first kappa shape index (κ1) is 86.2. The lowest BCUT2D eigenvalue weighted by molar-refractivity contribution is 0.0741. The Labute approximate surface area is 709 Å². The number of fused-ring (bicyclic) bond motifs is 3. The van der Waals surface area contributed by atoms with Crippen LogP contribution in [0.15, 0.2) is 227 Å². The van der Waals surface area contributed by atoms with E-state index < -0.39 is 0 Å². The van der Waals surface area contributed by atoms with Crippen LogP contribution < -0.4 is 31.4 Å². The van der Waals surface area contributed by atoms with Crippen LogP contribution in [-0.4, -0.2) is 137 Å². The molecule has 6 heterocycles. The van der Waals surface area contributed by atoms with Crippen molar-refractivity contribution < 1.29 is 14.2 Å². The van der Waals surface area contributed by atoms with Crippen molar-refractivity contribution in [1.82, 2.24) is 29.0 Å². The Balaban J connectivity index is 0.000000163. The van der Waals surface area contributed by atoms with Gasteiger partial charge in [-0.3, -0.25) is 14.4 Å². The number of aromatic nitrogens is 6. The molecule has 0 fully saturated rings. The molecule has 0 saturated heterocycles. The molecule has 0 amide bonds. The van der Waals surface area contributed by atoms with Crippen LogP contribution in [0.2, 0.25) is 20.1 Å². The zero-order valence-corrected chi connectivity index (χ0v) is 71.9. The molecule has 11 aromatic rings. The van der Waals surface area contributed by atoms with Gasteiger partial charge in [0.1, 0.15) is 34.3 Å². The zero-order chi connectivity index (χ0) is 83.8. The van der Waals surface area contributed by atoms with Crippen molar-refractivity contribution >= 4 is 115 Å². The summed E-state index contributed by atoms with van der Waals surface area (Å²) in [5, 5.41) is 16.1. The highest BCUT2D eigenvalue weighted by Gasteiger charge is 2.34. The first-order chi connectivity index (χ1) is 57.1. The van der Waals surface area contributed by atoms with E-state index in [9.17, 15) is 14.4 Å². The van der Waals surface area contributed by atoms with Gasteiger partial charge in [0.15, 0.2) is 17.5 Å². The molecular formula is C93H97Cl4N15O6. The summed E-state index contributed by atoms with van der Waals surface area (Å²) < 4.78 is 20.0. The molecule has 0 atom stereocenters. The van der Waals surface area contributed by atoms with Gasteiger partial charge in [0.2, 0.25) is 0 Å². The third kappa shape index (κ3) is 19.3. The summed E-state index contributed by atoms with van der Waals surface area (Å²) in [5.41, 5.74) is 19.0. The second kappa shape index (κ2) is 39.9. The molecule has 8 aromatic carbocycles. The quantitative estimate of drug-likeness (QED) is 0.0419. The van der Waals surface area contributed by atoms with Gasteiger partial charge in [-0.05, 0) is 194 Å². The molecule has 118 heavy (non-hydrogen) atoms. The van der Waals surface area contributed by atoms with E-state index >= 15 is 0 Å². The van der Waals surface area contributed by atoms with Crippen molar-refractivity contribution in [2.24, 2.45) is 30.3 Å². The maximum Gasteiger partial charge on any atom is 0.282 e. The monoisotopic (exact) mass is 1660 g/mol. The molecule has 25 heteroatoms. The average molecular weight is 1660 g/mol. The Morgan fingerprint density at radius 3 is 1.36 bits per heavy atom. The van der Waals surface area contributed by atoms with Crippen molar-refractivity contribution in [3.63, 3.8) is 0 Å². The van der Waals surface area contributed by atoms with E-state index in [1.165, 1.54) is 19.6 Å². The number of ether oxygens (including phenoxy) is 3. The molecule has 0 N–H and O–H groups in total.